The van der Waals surface area contributed by atoms with Crippen molar-refractivity contribution in [2.24, 2.45) is 0 Å². The maximum atomic E-state index is 13.1. The molecule has 2 aromatic carbocycles. The number of hydrogen-bond acceptors (Lipinski definition) is 8. The molecule has 3 heterocycles. The summed E-state index contributed by atoms with van der Waals surface area (Å²) in [5.41, 5.74) is 2.89. The third-order valence-corrected chi connectivity index (χ3v) is 6.84. The van der Waals surface area contributed by atoms with E-state index in [1.54, 1.807) is 56.8 Å². The molecule has 42 heavy (non-hydrogen) atoms. The fraction of sp³-hybridized carbons (Fsp3) is 0.267. The predicted octanol–water partition coefficient (Wildman–Crippen LogP) is 7.63. The number of urea groups is 1. The zero-order valence-electron chi connectivity index (χ0n) is 24.3. The molecule has 3 N–H and O–H groups in total. The van der Waals surface area contributed by atoms with Crippen molar-refractivity contribution in [1.29, 1.82) is 0 Å². The average Bonchev–Trinajstić information content (AvgIpc) is 3.51. The van der Waals surface area contributed by atoms with Gasteiger partial charge in [0.1, 0.15) is 23.1 Å². The summed E-state index contributed by atoms with van der Waals surface area (Å²) in [6.07, 6.45) is 1.63. The Morgan fingerprint density at radius 3 is 2.36 bits per heavy atom. The minimum absolute atomic E-state index is 0.287. The molecular formula is C30H31ClN6O5. The molecule has 0 aliphatic heterocycles. The van der Waals surface area contributed by atoms with E-state index in [-0.39, 0.29) is 5.41 Å². The maximum Gasteiger partial charge on any atom is 0.324 e. The topological polar surface area (TPSA) is 136 Å². The fourth-order valence-corrected chi connectivity index (χ4v) is 4.65. The summed E-state index contributed by atoms with van der Waals surface area (Å²) in [6, 6.07) is 9.76. The van der Waals surface area contributed by atoms with Crippen LogP contribution < -0.4 is 24.8 Å². The molecule has 0 aliphatic rings. The number of aromatic amines is 1. The summed E-state index contributed by atoms with van der Waals surface area (Å²) in [7, 11) is 3.13. The molecule has 0 unspecified atom stereocenters. The highest BCUT2D eigenvalue weighted by molar-refractivity contribution is 6.32. The third-order valence-electron chi connectivity index (χ3n) is 6.55. The van der Waals surface area contributed by atoms with E-state index in [1.807, 2.05) is 34.6 Å². The number of rotatable bonds is 7. The Morgan fingerprint density at radius 2 is 1.71 bits per heavy atom. The monoisotopic (exact) mass is 590 g/mol. The van der Waals surface area contributed by atoms with Crippen LogP contribution in [0.1, 0.15) is 38.0 Å². The molecule has 0 saturated carbocycles. The molecule has 0 atom stereocenters. The minimum atomic E-state index is -0.499. The highest BCUT2D eigenvalue weighted by Gasteiger charge is 2.26. The van der Waals surface area contributed by atoms with Gasteiger partial charge in [-0.15, -0.1) is 0 Å². The van der Waals surface area contributed by atoms with Gasteiger partial charge in [-0.3, -0.25) is 10.3 Å². The van der Waals surface area contributed by atoms with Gasteiger partial charge in [-0.2, -0.15) is 0 Å². The minimum Gasteiger partial charge on any atom is -0.493 e. The van der Waals surface area contributed by atoms with E-state index in [2.05, 4.69) is 30.7 Å². The second-order valence-corrected chi connectivity index (χ2v) is 11.0. The normalized spacial score (nSPS) is 11.4. The molecular weight excluding hydrogens is 560 g/mol. The molecule has 0 radical (unpaired) electrons. The van der Waals surface area contributed by atoms with E-state index in [0.717, 1.165) is 10.9 Å². The second-order valence-electron chi connectivity index (χ2n) is 10.6. The number of nitrogens with zero attached hydrogens (tertiary/aromatic N) is 3. The van der Waals surface area contributed by atoms with Crippen LogP contribution in [0.3, 0.4) is 0 Å². The number of ether oxygens (including phenoxy) is 3. The van der Waals surface area contributed by atoms with Gasteiger partial charge < -0.3 is 29.0 Å². The van der Waals surface area contributed by atoms with Crippen molar-refractivity contribution in [3.8, 4) is 34.3 Å². The lowest BCUT2D eigenvalue weighted by Gasteiger charge is -2.14. The van der Waals surface area contributed by atoms with E-state index >= 15 is 0 Å². The summed E-state index contributed by atoms with van der Waals surface area (Å²) in [6.45, 7) is 9.73. The van der Waals surface area contributed by atoms with Gasteiger partial charge in [-0.1, -0.05) is 37.5 Å². The van der Waals surface area contributed by atoms with Crippen molar-refractivity contribution in [2.75, 3.05) is 24.9 Å². The van der Waals surface area contributed by atoms with Crippen molar-refractivity contribution >= 4 is 40.0 Å². The summed E-state index contributed by atoms with van der Waals surface area (Å²) < 4.78 is 22.3. The number of H-pyrrole nitrogens is 1. The first-order valence-electron chi connectivity index (χ1n) is 13.1. The molecule has 0 fully saturated rings. The number of carbonyl (C=O) groups excluding carboxylic acids is 1. The SMILES string of the molecule is COc1cc2nccc(Oc3ccc(NC(=O)Nc4nc(C(C)(C)C)[nH]c4-c4c(C)noc4C)cc3Cl)c2cc1OC. The highest BCUT2D eigenvalue weighted by Crippen LogP contribution is 2.39. The molecule has 3 aromatic heterocycles. The lowest BCUT2D eigenvalue weighted by atomic mass is 9.96. The zero-order chi connectivity index (χ0) is 30.2. The Balaban J connectivity index is 1.36. The predicted molar refractivity (Wildman–Crippen MR) is 161 cm³/mol. The van der Waals surface area contributed by atoms with Crippen molar-refractivity contribution in [1.82, 2.24) is 20.1 Å². The molecule has 218 valence electrons. The van der Waals surface area contributed by atoms with Crippen LogP contribution in [0.2, 0.25) is 5.02 Å². The van der Waals surface area contributed by atoms with Crippen LogP contribution >= 0.6 is 11.6 Å². The number of anilines is 2. The lowest BCUT2D eigenvalue weighted by Crippen LogP contribution is -2.20. The van der Waals surface area contributed by atoms with Crippen LogP contribution in [0, 0.1) is 13.8 Å². The number of halogens is 1. The second kappa shape index (κ2) is 11.2. The van der Waals surface area contributed by atoms with Crippen molar-refractivity contribution in [3.05, 3.63) is 64.9 Å². The van der Waals surface area contributed by atoms with E-state index in [0.29, 0.717) is 68.0 Å². The van der Waals surface area contributed by atoms with E-state index in [4.69, 9.17) is 30.3 Å². The lowest BCUT2D eigenvalue weighted by molar-refractivity contribution is 0.262. The van der Waals surface area contributed by atoms with E-state index < -0.39 is 6.03 Å². The Bertz CT molecular complexity index is 1770. The number of hydrogen-bond donors (Lipinski definition) is 3. The number of aromatic nitrogens is 4. The first-order chi connectivity index (χ1) is 20.0. The number of carbonyl (C=O) groups is 1. The van der Waals surface area contributed by atoms with Crippen LogP contribution in [0.4, 0.5) is 16.3 Å². The summed E-state index contributed by atoms with van der Waals surface area (Å²) in [5, 5.41) is 10.7. The molecule has 5 aromatic rings. The molecule has 5 rings (SSSR count). The Labute approximate surface area is 247 Å². The zero-order valence-corrected chi connectivity index (χ0v) is 25.1. The molecule has 0 spiro atoms. The smallest absolute Gasteiger partial charge is 0.324 e. The summed E-state index contributed by atoms with van der Waals surface area (Å²) in [5.74, 6) is 3.70. The van der Waals surface area contributed by atoms with Gasteiger partial charge in [0.05, 0.1) is 41.7 Å². The summed E-state index contributed by atoms with van der Waals surface area (Å²) in [4.78, 5) is 25.5. The van der Waals surface area contributed by atoms with Gasteiger partial charge in [0.2, 0.25) is 0 Å². The Hall–Kier alpha value is -4.77. The molecule has 0 saturated heterocycles. The quantitative estimate of drug-likeness (QED) is 0.176. The van der Waals surface area contributed by atoms with Gasteiger partial charge in [0.15, 0.2) is 17.3 Å². The molecule has 11 nitrogen and oxygen atoms in total. The Morgan fingerprint density at radius 1 is 0.976 bits per heavy atom. The number of amides is 2. The van der Waals surface area contributed by atoms with Crippen molar-refractivity contribution in [2.45, 2.75) is 40.0 Å². The van der Waals surface area contributed by atoms with Gasteiger partial charge >= 0.3 is 6.03 Å². The van der Waals surface area contributed by atoms with Crippen LogP contribution in [0.5, 0.6) is 23.0 Å². The number of fused-ring (bicyclic) bond motifs is 1. The maximum absolute atomic E-state index is 13.1. The number of aryl methyl sites for hydroxylation is 2. The van der Waals surface area contributed by atoms with Crippen molar-refractivity contribution < 1.29 is 23.5 Å². The van der Waals surface area contributed by atoms with Gasteiger partial charge in [0, 0.05) is 28.8 Å². The number of benzene rings is 2. The number of nitrogens with one attached hydrogen (secondary N) is 3. The highest BCUT2D eigenvalue weighted by atomic mass is 35.5. The van der Waals surface area contributed by atoms with Crippen LogP contribution in [0.25, 0.3) is 22.2 Å². The van der Waals surface area contributed by atoms with E-state index in [9.17, 15) is 4.79 Å². The molecule has 0 bridgehead atoms. The van der Waals surface area contributed by atoms with Gasteiger partial charge in [-0.25, -0.2) is 9.78 Å². The molecule has 12 heteroatoms. The summed E-state index contributed by atoms with van der Waals surface area (Å²) >= 11 is 6.57. The van der Waals surface area contributed by atoms with Crippen LogP contribution in [0.15, 0.2) is 47.1 Å². The fourth-order valence-electron chi connectivity index (χ4n) is 4.43. The number of imidazole rings is 1. The van der Waals surface area contributed by atoms with Gasteiger partial charge in [-0.05, 0) is 44.2 Å². The van der Waals surface area contributed by atoms with E-state index in [1.165, 1.54) is 0 Å². The average molecular weight is 591 g/mol. The van der Waals surface area contributed by atoms with Crippen LogP contribution in [-0.2, 0) is 5.41 Å². The first kappa shape index (κ1) is 28.7. The van der Waals surface area contributed by atoms with Crippen molar-refractivity contribution in [3.63, 3.8) is 0 Å². The molecule has 0 aliphatic carbocycles. The Kier molecular flexibility index (Phi) is 7.70. The third kappa shape index (κ3) is 5.68. The van der Waals surface area contributed by atoms with Gasteiger partial charge in [0.25, 0.3) is 0 Å². The standard InChI is InChI=1S/C30H31ClN6O5/c1-15-25(16(2)42-37-15)26-27(35-28(34-26)30(3,4)5)36-29(38)33-17-8-9-22(19(31)12-17)41-21-10-11-32-20-14-24(40-7)23(39-6)13-18(20)21/h8-14H,1-7H3,(H,34,35)(H2,33,36,38). The number of methoxy groups -OCH3 is 2. The largest absolute Gasteiger partial charge is 0.493 e. The number of pyridine rings is 1. The first-order valence-corrected chi connectivity index (χ1v) is 13.5. The molecule has 2 amide bonds. The van der Waals surface area contributed by atoms with Crippen LogP contribution in [-0.4, -0.2) is 40.4 Å².